The molecule has 0 bridgehead atoms. The van der Waals surface area contributed by atoms with Gasteiger partial charge >= 0.3 is 0 Å². The Morgan fingerprint density at radius 2 is 2.03 bits per heavy atom. The van der Waals surface area contributed by atoms with Crippen LogP contribution in [0.15, 0.2) is 41.1 Å². The van der Waals surface area contributed by atoms with Gasteiger partial charge in [-0.05, 0) is 50.8 Å². The molecule has 0 spiro atoms. The molecule has 0 unspecified atom stereocenters. The number of hydrogen-bond donors (Lipinski definition) is 0. The van der Waals surface area contributed by atoms with Gasteiger partial charge in [0.25, 0.3) is 0 Å². The Kier molecular flexibility index (Phi) is 5.38. The van der Waals surface area contributed by atoms with Gasteiger partial charge in [-0.25, -0.2) is 14.4 Å². The van der Waals surface area contributed by atoms with Crippen molar-refractivity contribution in [2.75, 3.05) is 6.54 Å². The number of aryl methyl sites for hydroxylation is 2. The highest BCUT2D eigenvalue weighted by molar-refractivity contribution is 5.79. The van der Waals surface area contributed by atoms with Crippen LogP contribution in [0.2, 0.25) is 0 Å². The number of nitrogens with zero attached hydrogens (tertiary/aromatic N) is 4. The van der Waals surface area contributed by atoms with Gasteiger partial charge in [-0.3, -0.25) is 4.79 Å². The highest BCUT2D eigenvalue weighted by atomic mass is 19.1. The number of amides is 1. The summed E-state index contributed by atoms with van der Waals surface area (Å²) in [5.41, 5.74) is 3.13. The minimum absolute atomic E-state index is 0.0114. The predicted molar refractivity (Wildman–Crippen MR) is 105 cm³/mol. The van der Waals surface area contributed by atoms with Crippen LogP contribution in [0.5, 0.6) is 0 Å². The van der Waals surface area contributed by atoms with E-state index in [1.807, 2.05) is 24.8 Å². The van der Waals surface area contributed by atoms with Crippen LogP contribution in [0.25, 0.3) is 11.3 Å². The second-order valence-corrected chi connectivity index (χ2v) is 7.45. The van der Waals surface area contributed by atoms with E-state index in [-0.39, 0.29) is 24.2 Å². The SMILES string of the molecule is Cc1cc(-c2cnc(C)nc2[C@@H]2CCCCN2C(=O)Cc2ccc(F)cc2)on1. The van der Waals surface area contributed by atoms with Crippen molar-refractivity contribution in [1.82, 2.24) is 20.0 Å². The molecule has 1 saturated heterocycles. The molecule has 0 N–H and O–H groups in total. The smallest absolute Gasteiger partial charge is 0.227 e. The Labute approximate surface area is 168 Å². The topological polar surface area (TPSA) is 72.1 Å². The molecule has 2 aromatic heterocycles. The zero-order chi connectivity index (χ0) is 20.4. The Hall–Kier alpha value is -3.09. The van der Waals surface area contributed by atoms with E-state index in [2.05, 4.69) is 10.1 Å². The van der Waals surface area contributed by atoms with Crippen molar-refractivity contribution in [3.63, 3.8) is 0 Å². The molecular formula is C22H23FN4O2. The second kappa shape index (κ2) is 8.11. The van der Waals surface area contributed by atoms with Gasteiger partial charge in [0, 0.05) is 18.8 Å². The zero-order valence-corrected chi connectivity index (χ0v) is 16.6. The highest BCUT2D eigenvalue weighted by Gasteiger charge is 2.32. The van der Waals surface area contributed by atoms with E-state index < -0.39 is 0 Å². The Morgan fingerprint density at radius 1 is 1.24 bits per heavy atom. The Morgan fingerprint density at radius 3 is 2.76 bits per heavy atom. The highest BCUT2D eigenvalue weighted by Crippen LogP contribution is 2.36. The van der Waals surface area contributed by atoms with Gasteiger partial charge in [0.15, 0.2) is 5.76 Å². The van der Waals surface area contributed by atoms with Crippen molar-refractivity contribution in [1.29, 1.82) is 0 Å². The van der Waals surface area contributed by atoms with Crippen LogP contribution in [0.3, 0.4) is 0 Å². The molecule has 1 aliphatic heterocycles. The van der Waals surface area contributed by atoms with E-state index in [0.29, 0.717) is 18.1 Å². The van der Waals surface area contributed by atoms with Gasteiger partial charge in [0.2, 0.25) is 5.91 Å². The standard InChI is InChI=1S/C22H23FN4O2/c1-14-11-20(29-26-14)18-13-24-15(2)25-22(18)19-5-3-4-10-27(19)21(28)12-16-6-8-17(23)9-7-16/h6-9,11,13,19H,3-5,10,12H2,1-2H3/t19-/m0/s1. The Bertz CT molecular complexity index is 1020. The van der Waals surface area contributed by atoms with Crippen LogP contribution in [0, 0.1) is 19.7 Å². The van der Waals surface area contributed by atoms with Crippen molar-refractivity contribution in [2.24, 2.45) is 0 Å². The number of carbonyl (C=O) groups excluding carboxylic acids is 1. The zero-order valence-electron chi connectivity index (χ0n) is 16.6. The number of likely N-dealkylation sites (tertiary alicyclic amines) is 1. The summed E-state index contributed by atoms with van der Waals surface area (Å²) < 4.78 is 18.6. The van der Waals surface area contributed by atoms with Gasteiger partial charge < -0.3 is 9.42 Å². The molecule has 1 fully saturated rings. The monoisotopic (exact) mass is 394 g/mol. The molecule has 3 aromatic rings. The summed E-state index contributed by atoms with van der Waals surface area (Å²) in [6, 6.07) is 7.78. The van der Waals surface area contributed by atoms with E-state index in [1.54, 1.807) is 18.3 Å². The first-order chi connectivity index (χ1) is 14.0. The molecule has 150 valence electrons. The lowest BCUT2D eigenvalue weighted by atomic mass is 9.94. The molecule has 29 heavy (non-hydrogen) atoms. The molecule has 3 heterocycles. The Balaban J connectivity index is 1.66. The van der Waals surface area contributed by atoms with Crippen LogP contribution in [-0.4, -0.2) is 32.5 Å². The predicted octanol–water partition coefficient (Wildman–Crippen LogP) is 4.18. The number of piperidine rings is 1. The summed E-state index contributed by atoms with van der Waals surface area (Å²) in [4.78, 5) is 24.0. The lowest BCUT2D eigenvalue weighted by Gasteiger charge is -2.36. The molecule has 0 aliphatic carbocycles. The van der Waals surface area contributed by atoms with E-state index in [0.717, 1.165) is 41.8 Å². The minimum atomic E-state index is -0.305. The molecule has 0 radical (unpaired) electrons. The first kappa shape index (κ1) is 19.2. The van der Waals surface area contributed by atoms with Crippen LogP contribution in [0.4, 0.5) is 4.39 Å². The summed E-state index contributed by atoms with van der Waals surface area (Å²) in [6.07, 6.45) is 4.77. The van der Waals surface area contributed by atoms with Gasteiger partial charge in [0.1, 0.15) is 11.6 Å². The van der Waals surface area contributed by atoms with Gasteiger partial charge in [0.05, 0.1) is 29.4 Å². The second-order valence-electron chi connectivity index (χ2n) is 7.45. The quantitative estimate of drug-likeness (QED) is 0.664. The molecule has 1 atom stereocenters. The van der Waals surface area contributed by atoms with Gasteiger partial charge in [-0.15, -0.1) is 0 Å². The molecule has 7 heteroatoms. The van der Waals surface area contributed by atoms with E-state index in [9.17, 15) is 9.18 Å². The molecule has 6 nitrogen and oxygen atoms in total. The number of halogens is 1. The number of rotatable bonds is 4. The maximum Gasteiger partial charge on any atom is 0.227 e. The fraction of sp³-hybridized carbons (Fsp3) is 0.364. The molecule has 1 amide bonds. The maximum absolute atomic E-state index is 13.2. The lowest BCUT2D eigenvalue weighted by Crippen LogP contribution is -2.40. The van der Waals surface area contributed by atoms with Gasteiger partial charge in [-0.2, -0.15) is 0 Å². The number of carbonyl (C=O) groups is 1. The molecular weight excluding hydrogens is 371 g/mol. The van der Waals surface area contributed by atoms with Crippen molar-refractivity contribution < 1.29 is 13.7 Å². The third-order valence-electron chi connectivity index (χ3n) is 5.24. The molecule has 1 aromatic carbocycles. The maximum atomic E-state index is 13.2. The third-order valence-corrected chi connectivity index (χ3v) is 5.24. The first-order valence-corrected chi connectivity index (χ1v) is 9.82. The van der Waals surface area contributed by atoms with Crippen molar-refractivity contribution in [3.8, 4) is 11.3 Å². The fourth-order valence-corrected chi connectivity index (χ4v) is 3.81. The van der Waals surface area contributed by atoms with Crippen LogP contribution < -0.4 is 0 Å². The summed E-state index contributed by atoms with van der Waals surface area (Å²) in [6.45, 7) is 4.37. The molecule has 1 aliphatic rings. The molecule has 0 saturated carbocycles. The lowest BCUT2D eigenvalue weighted by molar-refractivity contribution is -0.134. The van der Waals surface area contributed by atoms with E-state index in [4.69, 9.17) is 9.51 Å². The summed E-state index contributed by atoms with van der Waals surface area (Å²) in [5.74, 6) is 0.961. The largest absolute Gasteiger partial charge is 0.356 e. The summed E-state index contributed by atoms with van der Waals surface area (Å²) in [5, 5.41) is 3.98. The fourth-order valence-electron chi connectivity index (χ4n) is 3.81. The van der Waals surface area contributed by atoms with Crippen molar-refractivity contribution in [2.45, 2.75) is 45.6 Å². The normalized spacial score (nSPS) is 16.8. The van der Waals surface area contributed by atoms with E-state index in [1.165, 1.54) is 12.1 Å². The summed E-state index contributed by atoms with van der Waals surface area (Å²) >= 11 is 0. The number of benzene rings is 1. The minimum Gasteiger partial charge on any atom is -0.356 e. The third kappa shape index (κ3) is 4.18. The van der Waals surface area contributed by atoms with Crippen LogP contribution >= 0.6 is 0 Å². The number of hydrogen-bond acceptors (Lipinski definition) is 5. The first-order valence-electron chi connectivity index (χ1n) is 9.82. The molecule has 4 rings (SSSR count). The van der Waals surface area contributed by atoms with Crippen LogP contribution in [-0.2, 0) is 11.2 Å². The average Bonchev–Trinajstić information content (AvgIpc) is 3.15. The summed E-state index contributed by atoms with van der Waals surface area (Å²) in [7, 11) is 0. The van der Waals surface area contributed by atoms with Crippen molar-refractivity contribution >= 4 is 5.91 Å². The average molecular weight is 394 g/mol. The van der Waals surface area contributed by atoms with Gasteiger partial charge in [-0.1, -0.05) is 17.3 Å². The van der Waals surface area contributed by atoms with E-state index >= 15 is 0 Å². The van der Waals surface area contributed by atoms with Crippen molar-refractivity contribution in [3.05, 3.63) is 65.1 Å². The van der Waals surface area contributed by atoms with Crippen LogP contribution in [0.1, 0.15) is 48.1 Å². The number of aromatic nitrogens is 3.